The number of hydrogen-bond acceptors (Lipinski definition) is 0. The molecule has 0 aliphatic rings. The van der Waals surface area contributed by atoms with E-state index in [1.165, 1.54) is 5.39 Å². The zero-order valence-corrected chi connectivity index (χ0v) is 7.18. The molecule has 0 amide bonds. The SMILES string of the molecule is Clc1cccc2ccccc12.O. The molecule has 2 N–H and O–H groups in total. The predicted molar refractivity (Wildman–Crippen MR) is 52.6 cm³/mol. The molecule has 2 aromatic rings. The summed E-state index contributed by atoms with van der Waals surface area (Å²) in [5, 5.41) is 3.14. The molecule has 0 aromatic heterocycles. The molecule has 0 saturated heterocycles. The summed E-state index contributed by atoms with van der Waals surface area (Å²) in [6, 6.07) is 14.0. The van der Waals surface area contributed by atoms with Crippen molar-refractivity contribution < 1.29 is 5.48 Å². The number of benzene rings is 2. The van der Waals surface area contributed by atoms with E-state index < -0.39 is 0 Å². The first kappa shape index (κ1) is 9.04. The second-order valence-electron chi connectivity index (χ2n) is 2.46. The van der Waals surface area contributed by atoms with Crippen molar-refractivity contribution in [2.75, 3.05) is 0 Å². The molecule has 2 aromatic carbocycles. The standard InChI is InChI=1S/C10H7Cl.H2O/c11-10-7-3-5-8-4-1-2-6-9(8)10;/h1-7H;1H2. The molecule has 12 heavy (non-hydrogen) atoms. The highest BCUT2D eigenvalue weighted by atomic mass is 35.5. The molecule has 0 bridgehead atoms. The van der Waals surface area contributed by atoms with E-state index in [0.29, 0.717) is 0 Å². The van der Waals surface area contributed by atoms with E-state index in [9.17, 15) is 0 Å². The smallest absolute Gasteiger partial charge is 0.0484 e. The van der Waals surface area contributed by atoms with E-state index in [1.807, 2.05) is 30.3 Å². The lowest BCUT2D eigenvalue weighted by Crippen LogP contribution is -1.70. The van der Waals surface area contributed by atoms with E-state index in [0.717, 1.165) is 10.4 Å². The van der Waals surface area contributed by atoms with Crippen molar-refractivity contribution in [3.05, 3.63) is 47.5 Å². The van der Waals surface area contributed by atoms with Crippen LogP contribution in [0.1, 0.15) is 0 Å². The highest BCUT2D eigenvalue weighted by molar-refractivity contribution is 6.35. The normalized spacial score (nSPS) is 9.42. The Balaban J connectivity index is 0.000000720. The van der Waals surface area contributed by atoms with Crippen molar-refractivity contribution in [3.8, 4) is 0 Å². The predicted octanol–water partition coefficient (Wildman–Crippen LogP) is 2.67. The van der Waals surface area contributed by atoms with Crippen LogP contribution in [0.25, 0.3) is 10.8 Å². The molecule has 1 nitrogen and oxygen atoms in total. The van der Waals surface area contributed by atoms with Crippen molar-refractivity contribution in [2.45, 2.75) is 0 Å². The topological polar surface area (TPSA) is 31.5 Å². The van der Waals surface area contributed by atoms with Gasteiger partial charge in [0.25, 0.3) is 0 Å². The lowest BCUT2D eigenvalue weighted by atomic mass is 10.1. The molecular weight excluding hydrogens is 172 g/mol. The van der Waals surface area contributed by atoms with Crippen molar-refractivity contribution in [1.29, 1.82) is 0 Å². The molecule has 0 heterocycles. The van der Waals surface area contributed by atoms with Gasteiger partial charge in [0.1, 0.15) is 0 Å². The Morgan fingerprint density at radius 3 is 2.25 bits per heavy atom. The quantitative estimate of drug-likeness (QED) is 0.597. The van der Waals surface area contributed by atoms with Gasteiger partial charge >= 0.3 is 0 Å². The summed E-state index contributed by atoms with van der Waals surface area (Å²) in [4.78, 5) is 0. The van der Waals surface area contributed by atoms with Crippen LogP contribution in [0.4, 0.5) is 0 Å². The van der Waals surface area contributed by atoms with Gasteiger partial charge in [-0.05, 0) is 11.5 Å². The number of halogens is 1. The van der Waals surface area contributed by atoms with Crippen LogP contribution in [0.15, 0.2) is 42.5 Å². The van der Waals surface area contributed by atoms with Crippen molar-refractivity contribution in [3.63, 3.8) is 0 Å². The zero-order chi connectivity index (χ0) is 7.68. The minimum atomic E-state index is 0. The van der Waals surface area contributed by atoms with Gasteiger partial charge < -0.3 is 5.48 Å². The van der Waals surface area contributed by atoms with Gasteiger partial charge in [0.05, 0.1) is 0 Å². The van der Waals surface area contributed by atoms with Crippen LogP contribution >= 0.6 is 11.6 Å². The first-order chi connectivity index (χ1) is 5.38. The average molecular weight is 181 g/mol. The fourth-order valence-electron chi connectivity index (χ4n) is 1.19. The summed E-state index contributed by atoms with van der Waals surface area (Å²) >= 11 is 5.96. The molecular formula is C10H9ClO. The van der Waals surface area contributed by atoms with E-state index in [4.69, 9.17) is 11.6 Å². The van der Waals surface area contributed by atoms with Gasteiger partial charge in [-0.2, -0.15) is 0 Å². The van der Waals surface area contributed by atoms with E-state index >= 15 is 0 Å². The summed E-state index contributed by atoms with van der Waals surface area (Å²) < 4.78 is 0. The molecule has 0 aliphatic carbocycles. The molecule has 0 aliphatic heterocycles. The molecule has 0 atom stereocenters. The van der Waals surface area contributed by atoms with Gasteiger partial charge in [0.2, 0.25) is 0 Å². The molecule has 62 valence electrons. The Bertz CT molecular complexity index is 379. The number of rotatable bonds is 0. The molecule has 0 spiro atoms. The second kappa shape index (κ2) is 3.57. The monoisotopic (exact) mass is 180 g/mol. The Kier molecular flexibility index (Phi) is 2.69. The summed E-state index contributed by atoms with van der Waals surface area (Å²) in [6.45, 7) is 0. The lowest BCUT2D eigenvalue weighted by Gasteiger charge is -1.97. The average Bonchev–Trinajstić information content (AvgIpc) is 2.06. The number of hydrogen-bond donors (Lipinski definition) is 0. The van der Waals surface area contributed by atoms with Crippen LogP contribution in [-0.4, -0.2) is 5.48 Å². The molecule has 2 rings (SSSR count). The van der Waals surface area contributed by atoms with Gasteiger partial charge in [0.15, 0.2) is 0 Å². The summed E-state index contributed by atoms with van der Waals surface area (Å²) in [7, 11) is 0. The maximum atomic E-state index is 5.96. The first-order valence-corrected chi connectivity index (χ1v) is 3.89. The van der Waals surface area contributed by atoms with Crippen molar-refractivity contribution in [1.82, 2.24) is 0 Å². The van der Waals surface area contributed by atoms with Crippen LogP contribution in [0, 0.1) is 0 Å². The third kappa shape index (κ3) is 1.42. The highest BCUT2D eigenvalue weighted by Crippen LogP contribution is 2.21. The third-order valence-corrected chi connectivity index (χ3v) is 2.07. The van der Waals surface area contributed by atoms with Crippen LogP contribution in [0.3, 0.4) is 0 Å². The summed E-state index contributed by atoms with van der Waals surface area (Å²) in [6.07, 6.45) is 0. The summed E-state index contributed by atoms with van der Waals surface area (Å²) in [5.74, 6) is 0. The maximum Gasteiger partial charge on any atom is 0.0484 e. The minimum Gasteiger partial charge on any atom is -0.412 e. The minimum absolute atomic E-state index is 0. The maximum absolute atomic E-state index is 5.96. The van der Waals surface area contributed by atoms with Gasteiger partial charge in [-0.3, -0.25) is 0 Å². The summed E-state index contributed by atoms with van der Waals surface area (Å²) in [5.41, 5.74) is 0. The van der Waals surface area contributed by atoms with Crippen LogP contribution < -0.4 is 0 Å². The Labute approximate surface area is 75.9 Å². The fourth-order valence-corrected chi connectivity index (χ4v) is 1.43. The van der Waals surface area contributed by atoms with E-state index in [1.54, 1.807) is 0 Å². The van der Waals surface area contributed by atoms with E-state index in [2.05, 4.69) is 12.1 Å². The zero-order valence-electron chi connectivity index (χ0n) is 6.42. The van der Waals surface area contributed by atoms with Crippen LogP contribution in [0.5, 0.6) is 0 Å². The first-order valence-electron chi connectivity index (χ1n) is 3.51. The van der Waals surface area contributed by atoms with Crippen molar-refractivity contribution >= 4 is 22.4 Å². The van der Waals surface area contributed by atoms with Gasteiger partial charge in [-0.1, -0.05) is 48.0 Å². The fraction of sp³-hybridized carbons (Fsp3) is 0. The van der Waals surface area contributed by atoms with Gasteiger partial charge in [-0.25, -0.2) is 0 Å². The largest absolute Gasteiger partial charge is 0.412 e. The Morgan fingerprint density at radius 1 is 0.833 bits per heavy atom. The molecule has 2 heteroatoms. The van der Waals surface area contributed by atoms with E-state index in [-0.39, 0.29) is 5.48 Å². The van der Waals surface area contributed by atoms with Crippen molar-refractivity contribution in [2.24, 2.45) is 0 Å². The van der Waals surface area contributed by atoms with Gasteiger partial charge in [0, 0.05) is 10.4 Å². The molecule has 0 fully saturated rings. The Morgan fingerprint density at radius 2 is 1.50 bits per heavy atom. The third-order valence-electron chi connectivity index (χ3n) is 1.74. The highest BCUT2D eigenvalue weighted by Gasteiger charge is 1.93. The van der Waals surface area contributed by atoms with Crippen LogP contribution in [-0.2, 0) is 0 Å². The van der Waals surface area contributed by atoms with Gasteiger partial charge in [-0.15, -0.1) is 0 Å². The molecule has 0 unspecified atom stereocenters. The molecule has 0 saturated carbocycles. The van der Waals surface area contributed by atoms with Crippen LogP contribution in [0.2, 0.25) is 5.02 Å². The molecule has 0 radical (unpaired) electrons. The number of fused-ring (bicyclic) bond motifs is 1. The lowest BCUT2D eigenvalue weighted by molar-refractivity contribution is 0.824. The Hall–Kier alpha value is -1.05. The second-order valence-corrected chi connectivity index (χ2v) is 2.87.